The molecule has 2 heterocycles. The minimum atomic E-state index is -0.385. The summed E-state index contributed by atoms with van der Waals surface area (Å²) in [6, 6.07) is 9.53. The summed E-state index contributed by atoms with van der Waals surface area (Å²) in [6.07, 6.45) is 0. The first kappa shape index (κ1) is 22.8. The molecule has 0 spiro atoms. The summed E-state index contributed by atoms with van der Waals surface area (Å²) in [5.74, 6) is 0.716. The smallest absolute Gasteiger partial charge is 0.234 e. The lowest BCUT2D eigenvalue weighted by molar-refractivity contribution is -0.113. The molecule has 0 radical (unpaired) electrons. The Morgan fingerprint density at radius 1 is 1.18 bits per heavy atom. The van der Waals surface area contributed by atoms with Gasteiger partial charge in [0.1, 0.15) is 5.82 Å². The van der Waals surface area contributed by atoms with Crippen LogP contribution in [0.2, 0.25) is 0 Å². The number of halogens is 1. The fourth-order valence-electron chi connectivity index (χ4n) is 3.42. The van der Waals surface area contributed by atoms with Gasteiger partial charge in [-0.05, 0) is 31.0 Å². The minimum Gasteiger partial charge on any atom is -0.454 e. The number of benzene rings is 2. The lowest BCUT2D eigenvalue weighted by atomic mass is 10.1. The third kappa shape index (κ3) is 5.00. The second-order valence-electron chi connectivity index (χ2n) is 7.93. The highest BCUT2D eigenvalue weighted by molar-refractivity contribution is 7.99. The van der Waals surface area contributed by atoms with Crippen LogP contribution in [-0.4, -0.2) is 39.0 Å². The molecule has 10 heteroatoms. The van der Waals surface area contributed by atoms with E-state index < -0.39 is 0 Å². The zero-order chi connectivity index (χ0) is 23.5. The molecular weight excluding hydrogens is 447 g/mol. The summed E-state index contributed by atoms with van der Waals surface area (Å²) in [5, 5.41) is 11.7. The Hall–Kier alpha value is -3.40. The molecule has 0 fully saturated rings. The Morgan fingerprint density at radius 2 is 1.91 bits per heavy atom. The molecule has 1 aliphatic rings. The molecule has 4 rings (SSSR count). The van der Waals surface area contributed by atoms with E-state index in [4.69, 9.17) is 9.47 Å². The Balaban J connectivity index is 1.52. The molecule has 0 aliphatic carbocycles. The first-order valence-electron chi connectivity index (χ1n) is 10.4. The van der Waals surface area contributed by atoms with Gasteiger partial charge in [-0.15, -0.1) is 10.2 Å². The number of ketones is 1. The summed E-state index contributed by atoms with van der Waals surface area (Å²) in [4.78, 5) is 24.7. The zero-order valence-electron chi connectivity index (χ0n) is 18.4. The first-order valence-corrected chi connectivity index (χ1v) is 11.4. The average molecular weight is 471 g/mol. The summed E-state index contributed by atoms with van der Waals surface area (Å²) in [6.45, 7) is 6.12. The predicted molar refractivity (Wildman–Crippen MR) is 122 cm³/mol. The van der Waals surface area contributed by atoms with Crippen LogP contribution in [0.1, 0.15) is 31.1 Å². The highest BCUT2D eigenvalue weighted by Crippen LogP contribution is 2.37. The van der Waals surface area contributed by atoms with Gasteiger partial charge in [-0.25, -0.2) is 4.39 Å². The van der Waals surface area contributed by atoms with E-state index in [-0.39, 0.29) is 36.0 Å². The number of amides is 1. The van der Waals surface area contributed by atoms with Crippen LogP contribution in [0.25, 0.3) is 11.4 Å². The number of Topliss-reactive ketones (excluding diaryl/α,β-unsaturated/α-hetero) is 1. The summed E-state index contributed by atoms with van der Waals surface area (Å²) in [5.41, 5.74) is 1.05. The Morgan fingerprint density at radius 3 is 2.61 bits per heavy atom. The third-order valence-corrected chi connectivity index (χ3v) is 5.84. The molecule has 33 heavy (non-hydrogen) atoms. The van der Waals surface area contributed by atoms with Crippen LogP contribution >= 0.6 is 11.8 Å². The third-order valence-electron chi connectivity index (χ3n) is 4.88. The lowest BCUT2D eigenvalue weighted by Gasteiger charge is -2.13. The van der Waals surface area contributed by atoms with Crippen LogP contribution in [0.15, 0.2) is 41.6 Å². The van der Waals surface area contributed by atoms with E-state index in [0.717, 1.165) is 0 Å². The van der Waals surface area contributed by atoms with Gasteiger partial charge in [-0.2, -0.15) is 0 Å². The molecule has 3 aromatic rings. The van der Waals surface area contributed by atoms with E-state index in [2.05, 4.69) is 15.5 Å². The highest BCUT2D eigenvalue weighted by Gasteiger charge is 2.22. The van der Waals surface area contributed by atoms with Crippen molar-refractivity contribution < 1.29 is 23.5 Å². The molecule has 0 atom stereocenters. The number of nitrogens with one attached hydrogen (secondary N) is 1. The van der Waals surface area contributed by atoms with Crippen molar-refractivity contribution in [2.75, 3.05) is 17.9 Å². The fourth-order valence-corrected chi connectivity index (χ4v) is 4.17. The number of nitrogens with zero attached hydrogens (tertiary/aromatic N) is 3. The molecule has 1 aromatic heterocycles. The van der Waals surface area contributed by atoms with Crippen molar-refractivity contribution in [1.29, 1.82) is 0 Å². The van der Waals surface area contributed by atoms with Crippen molar-refractivity contribution in [2.24, 2.45) is 5.92 Å². The molecule has 0 saturated carbocycles. The standard InChI is InChI=1S/C23H23FN4O4S/c1-13(2)10-28-22(15-6-4-5-7-17(15)24)26-27-23(28)33-11-21(30)25-18-9-20-19(31-12-32-20)8-16(18)14(3)29/h4-9,13H,10-12H2,1-3H3,(H,25,30). The van der Waals surface area contributed by atoms with Gasteiger partial charge in [-0.1, -0.05) is 37.7 Å². The van der Waals surface area contributed by atoms with E-state index in [0.29, 0.717) is 45.8 Å². The summed E-state index contributed by atoms with van der Waals surface area (Å²) >= 11 is 1.19. The number of rotatable bonds is 8. The van der Waals surface area contributed by atoms with Gasteiger partial charge in [-0.3, -0.25) is 9.59 Å². The van der Waals surface area contributed by atoms with Crippen molar-refractivity contribution in [3.63, 3.8) is 0 Å². The average Bonchev–Trinajstić information content (AvgIpc) is 3.38. The molecule has 1 N–H and O–H groups in total. The lowest BCUT2D eigenvalue weighted by Crippen LogP contribution is -2.17. The van der Waals surface area contributed by atoms with Gasteiger partial charge in [0.15, 0.2) is 28.3 Å². The second-order valence-corrected chi connectivity index (χ2v) is 8.88. The fraction of sp³-hybridized carbons (Fsp3) is 0.304. The van der Waals surface area contributed by atoms with Gasteiger partial charge in [0, 0.05) is 18.2 Å². The van der Waals surface area contributed by atoms with Crippen LogP contribution in [0.5, 0.6) is 11.5 Å². The largest absolute Gasteiger partial charge is 0.454 e. The molecular formula is C23H23FN4O4S. The SMILES string of the molecule is CC(=O)c1cc2c(cc1NC(=O)CSc1nnc(-c3ccccc3F)n1CC(C)C)OCO2. The summed E-state index contributed by atoms with van der Waals surface area (Å²) < 4.78 is 26.8. The molecule has 1 amide bonds. The van der Waals surface area contributed by atoms with E-state index in [1.807, 2.05) is 18.4 Å². The molecule has 0 unspecified atom stereocenters. The molecule has 172 valence electrons. The Bertz CT molecular complexity index is 1210. The topological polar surface area (TPSA) is 95.3 Å². The van der Waals surface area contributed by atoms with Gasteiger partial charge >= 0.3 is 0 Å². The molecule has 8 nitrogen and oxygen atoms in total. The van der Waals surface area contributed by atoms with Gasteiger partial charge in [0.05, 0.1) is 17.0 Å². The minimum absolute atomic E-state index is 0.0271. The van der Waals surface area contributed by atoms with Crippen LogP contribution in [0.4, 0.5) is 10.1 Å². The maximum absolute atomic E-state index is 14.4. The highest BCUT2D eigenvalue weighted by atomic mass is 32.2. The number of anilines is 1. The Labute approximate surface area is 194 Å². The summed E-state index contributed by atoms with van der Waals surface area (Å²) in [7, 11) is 0. The maximum atomic E-state index is 14.4. The molecule has 2 aromatic carbocycles. The van der Waals surface area contributed by atoms with Crippen LogP contribution in [0, 0.1) is 11.7 Å². The zero-order valence-corrected chi connectivity index (χ0v) is 19.2. The molecule has 0 saturated heterocycles. The number of aromatic nitrogens is 3. The second kappa shape index (κ2) is 9.62. The van der Waals surface area contributed by atoms with Crippen molar-refractivity contribution in [3.8, 4) is 22.9 Å². The van der Waals surface area contributed by atoms with Crippen LogP contribution in [0.3, 0.4) is 0 Å². The van der Waals surface area contributed by atoms with Gasteiger partial charge in [0.2, 0.25) is 12.7 Å². The number of hydrogen-bond acceptors (Lipinski definition) is 7. The van der Waals surface area contributed by atoms with E-state index in [9.17, 15) is 14.0 Å². The van der Waals surface area contributed by atoms with Crippen molar-refractivity contribution >= 4 is 29.1 Å². The van der Waals surface area contributed by atoms with Gasteiger partial charge < -0.3 is 19.4 Å². The van der Waals surface area contributed by atoms with E-state index in [1.54, 1.807) is 30.3 Å². The first-order chi connectivity index (χ1) is 15.8. The van der Waals surface area contributed by atoms with Crippen LogP contribution < -0.4 is 14.8 Å². The van der Waals surface area contributed by atoms with Crippen molar-refractivity contribution in [2.45, 2.75) is 32.5 Å². The van der Waals surface area contributed by atoms with Gasteiger partial charge in [0.25, 0.3) is 0 Å². The van der Waals surface area contributed by atoms with E-state index in [1.165, 1.54) is 24.8 Å². The molecule has 1 aliphatic heterocycles. The quantitative estimate of drug-likeness (QED) is 0.385. The number of fused-ring (bicyclic) bond motifs is 1. The number of ether oxygens (including phenoxy) is 2. The predicted octanol–water partition coefficient (Wildman–Crippen LogP) is 4.40. The number of hydrogen-bond donors (Lipinski definition) is 1. The van der Waals surface area contributed by atoms with Crippen LogP contribution in [-0.2, 0) is 11.3 Å². The number of thioether (sulfide) groups is 1. The Kier molecular flexibility index (Phi) is 6.64. The maximum Gasteiger partial charge on any atom is 0.234 e. The monoisotopic (exact) mass is 470 g/mol. The number of carbonyl (C=O) groups excluding carboxylic acids is 2. The van der Waals surface area contributed by atoms with Crippen molar-refractivity contribution in [1.82, 2.24) is 14.8 Å². The number of carbonyl (C=O) groups is 2. The van der Waals surface area contributed by atoms with E-state index >= 15 is 0 Å². The normalized spacial score (nSPS) is 12.3. The van der Waals surface area contributed by atoms with Crippen molar-refractivity contribution in [3.05, 3.63) is 47.8 Å². The molecule has 0 bridgehead atoms.